The van der Waals surface area contributed by atoms with Crippen LogP contribution in [0.2, 0.25) is 0 Å². The van der Waals surface area contributed by atoms with E-state index in [1.807, 2.05) is 42.5 Å². The predicted octanol–water partition coefficient (Wildman–Crippen LogP) is 7.10. The van der Waals surface area contributed by atoms with Crippen LogP contribution in [0.25, 0.3) is 21.7 Å². The van der Waals surface area contributed by atoms with Gasteiger partial charge >= 0.3 is 0 Å². The molecule has 33 heavy (non-hydrogen) atoms. The molecule has 1 N–H and O–H groups in total. The highest BCUT2D eigenvalue weighted by molar-refractivity contribution is 7.92. The summed E-state index contributed by atoms with van der Waals surface area (Å²) in [5.41, 5.74) is 4.01. The molecule has 1 unspecified atom stereocenters. The molecule has 0 spiro atoms. The number of rotatable bonds is 4. The summed E-state index contributed by atoms with van der Waals surface area (Å²) in [6.07, 6.45) is 3.86. The number of sulfonamides is 1. The zero-order valence-electron chi connectivity index (χ0n) is 19.7. The van der Waals surface area contributed by atoms with Crippen molar-refractivity contribution in [2.45, 2.75) is 58.3 Å². The Hall–Kier alpha value is -2.79. The van der Waals surface area contributed by atoms with Crippen LogP contribution in [0.3, 0.4) is 0 Å². The highest BCUT2D eigenvalue weighted by atomic mass is 32.2. The highest BCUT2D eigenvalue weighted by Crippen LogP contribution is 2.44. The molecule has 1 atom stereocenters. The Bertz CT molecular complexity index is 1440. The minimum absolute atomic E-state index is 0.215. The van der Waals surface area contributed by atoms with Crippen LogP contribution in [-0.2, 0) is 29.3 Å². The molecule has 1 aliphatic carbocycles. The highest BCUT2D eigenvalue weighted by Gasteiger charge is 2.32. The third kappa shape index (κ3) is 3.93. The normalized spacial score (nSPS) is 16.8. The van der Waals surface area contributed by atoms with Gasteiger partial charge < -0.3 is 4.42 Å². The van der Waals surface area contributed by atoms with E-state index in [1.54, 1.807) is 12.1 Å². The molecule has 5 heteroatoms. The first-order valence-electron chi connectivity index (χ1n) is 11.7. The first-order valence-corrected chi connectivity index (χ1v) is 13.2. The van der Waals surface area contributed by atoms with Crippen LogP contribution >= 0.6 is 0 Å². The number of hydrogen-bond donors (Lipinski definition) is 1. The lowest BCUT2D eigenvalue weighted by atomic mass is 9.71. The van der Waals surface area contributed by atoms with Gasteiger partial charge in [-0.15, -0.1) is 0 Å². The molecule has 3 aromatic carbocycles. The molecule has 0 fully saturated rings. The number of anilines is 1. The molecule has 0 radical (unpaired) electrons. The Balaban J connectivity index is 1.64. The molecule has 0 saturated carbocycles. The molecule has 172 valence electrons. The maximum absolute atomic E-state index is 13.3. The molecule has 0 amide bonds. The third-order valence-corrected chi connectivity index (χ3v) is 8.54. The minimum Gasteiger partial charge on any atom is -0.460 e. The van der Waals surface area contributed by atoms with Crippen molar-refractivity contribution in [3.63, 3.8) is 0 Å². The lowest BCUT2D eigenvalue weighted by Gasteiger charge is -2.33. The van der Waals surface area contributed by atoms with Gasteiger partial charge in [-0.05, 0) is 54.4 Å². The zero-order valence-corrected chi connectivity index (χ0v) is 20.6. The number of benzene rings is 3. The molecule has 1 aromatic heterocycles. The minimum atomic E-state index is -3.72. The van der Waals surface area contributed by atoms with Crippen molar-refractivity contribution in [2.75, 3.05) is 4.72 Å². The van der Waals surface area contributed by atoms with E-state index in [0.29, 0.717) is 11.6 Å². The second kappa shape index (κ2) is 7.91. The first kappa shape index (κ1) is 22.0. The largest absolute Gasteiger partial charge is 0.460 e. The molecule has 5 rings (SSSR count). The summed E-state index contributed by atoms with van der Waals surface area (Å²) in [6.45, 7) is 8.94. The number of fused-ring (bicyclic) bond motifs is 5. The second-order valence-electron chi connectivity index (χ2n) is 10.3. The Morgan fingerprint density at radius 2 is 1.70 bits per heavy atom. The van der Waals surface area contributed by atoms with Crippen LogP contribution in [-0.4, -0.2) is 8.42 Å². The van der Waals surface area contributed by atoms with Crippen molar-refractivity contribution >= 4 is 37.5 Å². The molecule has 0 bridgehead atoms. The average Bonchev–Trinajstić information content (AvgIpc) is 3.16. The Morgan fingerprint density at radius 3 is 2.36 bits per heavy atom. The van der Waals surface area contributed by atoms with Crippen LogP contribution in [0.5, 0.6) is 0 Å². The maximum atomic E-state index is 13.3. The third-order valence-electron chi connectivity index (χ3n) is 7.16. The van der Waals surface area contributed by atoms with Gasteiger partial charge in [-0.1, -0.05) is 64.1 Å². The van der Waals surface area contributed by atoms with Crippen LogP contribution in [0.1, 0.15) is 51.0 Å². The first-order chi connectivity index (χ1) is 15.7. The molecule has 1 aliphatic rings. The Morgan fingerprint density at radius 1 is 1.00 bits per heavy atom. The van der Waals surface area contributed by atoms with Gasteiger partial charge in [0, 0.05) is 28.1 Å². The molecular weight excluding hydrogens is 430 g/mol. The fourth-order valence-electron chi connectivity index (χ4n) is 5.03. The summed E-state index contributed by atoms with van der Waals surface area (Å²) in [4.78, 5) is 0.269. The second-order valence-corrected chi connectivity index (χ2v) is 11.9. The van der Waals surface area contributed by atoms with Gasteiger partial charge in [-0.2, -0.15) is 0 Å². The number of hydrogen-bond acceptors (Lipinski definition) is 3. The Labute approximate surface area is 196 Å². The van der Waals surface area contributed by atoms with Crippen LogP contribution in [0.15, 0.2) is 63.9 Å². The topological polar surface area (TPSA) is 59.3 Å². The zero-order chi connectivity index (χ0) is 23.4. The average molecular weight is 462 g/mol. The number of furan rings is 1. The predicted molar refractivity (Wildman–Crippen MR) is 135 cm³/mol. The molecule has 0 aliphatic heterocycles. The Kier molecular flexibility index (Phi) is 5.28. The van der Waals surface area contributed by atoms with Gasteiger partial charge in [-0.3, -0.25) is 4.72 Å². The molecule has 4 aromatic rings. The summed E-state index contributed by atoms with van der Waals surface area (Å²) in [5.74, 6) is 1.61. The van der Waals surface area contributed by atoms with Gasteiger partial charge in [-0.25, -0.2) is 8.42 Å². The fourth-order valence-corrected chi connectivity index (χ4v) is 6.10. The van der Waals surface area contributed by atoms with Crippen molar-refractivity contribution in [2.24, 2.45) is 11.3 Å². The van der Waals surface area contributed by atoms with Crippen molar-refractivity contribution in [1.82, 2.24) is 0 Å². The van der Waals surface area contributed by atoms with Gasteiger partial charge in [0.2, 0.25) is 0 Å². The van der Waals surface area contributed by atoms with Gasteiger partial charge in [0.15, 0.2) is 0 Å². The van der Waals surface area contributed by atoms with Crippen LogP contribution < -0.4 is 4.72 Å². The van der Waals surface area contributed by atoms with Crippen molar-refractivity contribution in [3.05, 3.63) is 71.5 Å². The van der Waals surface area contributed by atoms with Crippen molar-refractivity contribution < 1.29 is 12.8 Å². The molecule has 4 nitrogen and oxygen atoms in total. The molecule has 0 saturated heterocycles. The van der Waals surface area contributed by atoms with Crippen LogP contribution in [0.4, 0.5) is 5.69 Å². The van der Waals surface area contributed by atoms with E-state index in [-0.39, 0.29) is 10.3 Å². The van der Waals surface area contributed by atoms with E-state index in [4.69, 9.17) is 4.42 Å². The number of aryl methyl sites for hydroxylation is 2. The smallest absolute Gasteiger partial charge is 0.261 e. The summed E-state index contributed by atoms with van der Waals surface area (Å²) >= 11 is 0. The van der Waals surface area contributed by atoms with Gasteiger partial charge in [0.1, 0.15) is 11.3 Å². The van der Waals surface area contributed by atoms with Gasteiger partial charge in [0.25, 0.3) is 10.0 Å². The van der Waals surface area contributed by atoms with Crippen molar-refractivity contribution in [3.8, 4) is 0 Å². The van der Waals surface area contributed by atoms with Crippen molar-refractivity contribution in [1.29, 1.82) is 0 Å². The lowest BCUT2D eigenvalue weighted by Crippen LogP contribution is -2.26. The summed E-state index contributed by atoms with van der Waals surface area (Å²) in [6, 6.07) is 16.9. The maximum Gasteiger partial charge on any atom is 0.261 e. The van der Waals surface area contributed by atoms with E-state index in [9.17, 15) is 8.42 Å². The van der Waals surface area contributed by atoms with E-state index in [0.717, 1.165) is 58.7 Å². The van der Waals surface area contributed by atoms with E-state index < -0.39 is 10.0 Å². The summed E-state index contributed by atoms with van der Waals surface area (Å²) in [7, 11) is -3.72. The van der Waals surface area contributed by atoms with Gasteiger partial charge in [0.05, 0.1) is 10.6 Å². The monoisotopic (exact) mass is 461 g/mol. The summed E-state index contributed by atoms with van der Waals surface area (Å²) < 4.78 is 35.8. The standard InChI is InChI=1S/C28H31NO3S/c1-5-18-10-13-20(14-11-18)33(30,31)29-25-17-24-23-16-19(28(2,3)4)12-15-26(23)32-27(24)22-9-7-6-8-21(22)25/h6-11,13-14,17,19,29H,5,12,15-16H2,1-4H3. The quantitative estimate of drug-likeness (QED) is 0.353. The van der Waals surface area contributed by atoms with Crippen LogP contribution in [0, 0.1) is 11.3 Å². The van der Waals surface area contributed by atoms with E-state index >= 15 is 0 Å². The fraction of sp³-hybridized carbons (Fsp3) is 0.357. The van der Waals surface area contributed by atoms with E-state index in [1.165, 1.54) is 5.56 Å². The van der Waals surface area contributed by atoms with E-state index in [2.05, 4.69) is 32.4 Å². The number of nitrogens with one attached hydrogen (secondary N) is 1. The molecule has 1 heterocycles. The lowest BCUT2D eigenvalue weighted by molar-refractivity contribution is 0.210. The SMILES string of the molecule is CCc1ccc(S(=O)(=O)Nc2cc3c4c(oc3c3ccccc23)CCC(C(C)(C)C)C4)cc1. The molecular formula is C28H31NO3S. The summed E-state index contributed by atoms with van der Waals surface area (Å²) in [5, 5.41) is 2.81.